The van der Waals surface area contributed by atoms with Gasteiger partial charge in [0.25, 0.3) is 5.56 Å². The van der Waals surface area contributed by atoms with E-state index < -0.39 is 0 Å². The molecule has 1 aliphatic heterocycles. The van der Waals surface area contributed by atoms with Crippen LogP contribution in [0.25, 0.3) is 0 Å². The van der Waals surface area contributed by atoms with Crippen molar-refractivity contribution in [3.63, 3.8) is 0 Å². The molecule has 24 heavy (non-hydrogen) atoms. The Bertz CT molecular complexity index is 814. The molecule has 0 spiro atoms. The predicted molar refractivity (Wildman–Crippen MR) is 99.0 cm³/mol. The standard InChI is InChI=1S/C16H19N5O2S/c1-23-11-6-4-5-10(9-11)18-15(24)12-13(17)19-16(20-14(12)22)21-7-2-3-8-21/h4-6,9H,2-3,7-8H2,1H3,(H,18,24)(H3,17,19,20,22). The summed E-state index contributed by atoms with van der Waals surface area (Å²) in [5.74, 6) is 1.32. The van der Waals surface area contributed by atoms with Crippen LogP contribution in [0, 0.1) is 0 Å². The van der Waals surface area contributed by atoms with Crippen LogP contribution in [-0.4, -0.2) is 35.2 Å². The van der Waals surface area contributed by atoms with Crippen molar-refractivity contribution in [1.29, 1.82) is 0 Å². The maximum absolute atomic E-state index is 12.4. The van der Waals surface area contributed by atoms with Crippen molar-refractivity contribution in [2.24, 2.45) is 0 Å². The zero-order valence-electron chi connectivity index (χ0n) is 13.3. The molecule has 0 bridgehead atoms. The molecule has 0 unspecified atom stereocenters. The summed E-state index contributed by atoms with van der Waals surface area (Å²) in [5.41, 5.74) is 6.53. The molecule has 1 fully saturated rings. The van der Waals surface area contributed by atoms with Crippen LogP contribution < -0.4 is 26.2 Å². The third-order valence-corrected chi connectivity index (χ3v) is 4.20. The Kier molecular flexibility index (Phi) is 4.66. The molecular formula is C16H19N5O2S. The molecule has 8 heteroatoms. The van der Waals surface area contributed by atoms with Gasteiger partial charge in [0, 0.05) is 24.8 Å². The average Bonchev–Trinajstić information content (AvgIpc) is 3.08. The van der Waals surface area contributed by atoms with Crippen molar-refractivity contribution in [1.82, 2.24) is 9.97 Å². The minimum Gasteiger partial charge on any atom is -0.497 e. The summed E-state index contributed by atoms with van der Waals surface area (Å²) in [6, 6.07) is 7.25. The number of methoxy groups -OCH3 is 1. The maximum atomic E-state index is 12.4. The van der Waals surface area contributed by atoms with E-state index in [-0.39, 0.29) is 21.9 Å². The molecule has 2 aromatic rings. The largest absolute Gasteiger partial charge is 0.497 e. The van der Waals surface area contributed by atoms with Crippen molar-refractivity contribution in [2.75, 3.05) is 36.1 Å². The van der Waals surface area contributed by atoms with Gasteiger partial charge < -0.3 is 20.7 Å². The highest BCUT2D eigenvalue weighted by Gasteiger charge is 2.19. The summed E-state index contributed by atoms with van der Waals surface area (Å²) >= 11 is 5.33. The Morgan fingerprint density at radius 1 is 1.42 bits per heavy atom. The average molecular weight is 345 g/mol. The molecule has 1 aromatic heterocycles. The zero-order chi connectivity index (χ0) is 17.1. The molecule has 0 radical (unpaired) electrons. The van der Waals surface area contributed by atoms with Gasteiger partial charge in [-0.05, 0) is 25.0 Å². The number of benzene rings is 1. The fourth-order valence-corrected chi connectivity index (χ4v) is 2.99. The number of thiocarbonyl (C=S) groups is 1. The van der Waals surface area contributed by atoms with Crippen LogP contribution >= 0.6 is 12.2 Å². The molecule has 1 aliphatic rings. The van der Waals surface area contributed by atoms with E-state index in [4.69, 9.17) is 22.7 Å². The third-order valence-electron chi connectivity index (χ3n) is 3.90. The number of nitrogens with one attached hydrogen (secondary N) is 2. The van der Waals surface area contributed by atoms with Gasteiger partial charge in [0.1, 0.15) is 22.1 Å². The topological polar surface area (TPSA) is 96.3 Å². The van der Waals surface area contributed by atoms with Crippen LogP contribution in [0.2, 0.25) is 0 Å². The number of nitrogen functional groups attached to an aromatic ring is 1. The van der Waals surface area contributed by atoms with E-state index in [1.165, 1.54) is 0 Å². The molecule has 0 saturated carbocycles. The molecule has 0 aliphatic carbocycles. The molecule has 2 heterocycles. The van der Waals surface area contributed by atoms with Crippen LogP contribution in [0.15, 0.2) is 29.1 Å². The lowest BCUT2D eigenvalue weighted by molar-refractivity contribution is 0.415. The predicted octanol–water partition coefficient (Wildman–Crippen LogP) is 1.75. The number of nitrogens with zero attached hydrogens (tertiary/aromatic N) is 2. The normalized spacial score (nSPS) is 13.8. The molecule has 126 valence electrons. The van der Waals surface area contributed by atoms with E-state index in [9.17, 15) is 4.79 Å². The summed E-state index contributed by atoms with van der Waals surface area (Å²) in [6.45, 7) is 1.74. The fraction of sp³-hybridized carbons (Fsp3) is 0.312. The van der Waals surface area contributed by atoms with Gasteiger partial charge >= 0.3 is 0 Å². The molecule has 7 nitrogen and oxygen atoms in total. The van der Waals surface area contributed by atoms with Crippen LogP contribution in [0.4, 0.5) is 17.5 Å². The Labute approximate surface area is 144 Å². The van der Waals surface area contributed by atoms with Gasteiger partial charge in [0.05, 0.1) is 7.11 Å². The Morgan fingerprint density at radius 3 is 2.83 bits per heavy atom. The molecule has 1 aromatic carbocycles. The Balaban J connectivity index is 1.85. The number of anilines is 3. The monoisotopic (exact) mass is 345 g/mol. The van der Waals surface area contributed by atoms with Crippen molar-refractivity contribution in [3.05, 3.63) is 40.2 Å². The minimum absolute atomic E-state index is 0.126. The highest BCUT2D eigenvalue weighted by Crippen LogP contribution is 2.19. The molecular weight excluding hydrogens is 326 g/mol. The molecule has 4 N–H and O–H groups in total. The number of nitrogens with two attached hydrogens (primary N) is 1. The summed E-state index contributed by atoms with van der Waals surface area (Å²) in [5, 5.41) is 3.00. The van der Waals surface area contributed by atoms with E-state index in [0.717, 1.165) is 25.9 Å². The SMILES string of the molecule is COc1cccc(NC(=S)c2c(N)nc(N3CCCC3)[nH]c2=O)c1. The van der Waals surface area contributed by atoms with Crippen LogP contribution in [0.5, 0.6) is 5.75 Å². The van der Waals surface area contributed by atoms with Crippen molar-refractivity contribution < 1.29 is 4.74 Å². The molecule has 0 amide bonds. The van der Waals surface area contributed by atoms with Gasteiger partial charge in [-0.1, -0.05) is 18.3 Å². The van der Waals surface area contributed by atoms with Crippen LogP contribution in [-0.2, 0) is 0 Å². The third kappa shape index (κ3) is 3.33. The van der Waals surface area contributed by atoms with Crippen molar-refractivity contribution in [2.45, 2.75) is 12.8 Å². The first-order valence-corrected chi connectivity index (χ1v) is 8.09. The number of aromatic amines is 1. The second-order valence-corrected chi connectivity index (χ2v) is 5.94. The molecule has 3 rings (SSSR count). The lowest BCUT2D eigenvalue weighted by Crippen LogP contribution is -2.30. The highest BCUT2D eigenvalue weighted by atomic mass is 32.1. The summed E-state index contributed by atoms with van der Waals surface area (Å²) in [7, 11) is 1.58. The van der Waals surface area contributed by atoms with E-state index in [1.807, 2.05) is 23.1 Å². The summed E-state index contributed by atoms with van der Waals surface area (Å²) in [4.78, 5) is 21.7. The Morgan fingerprint density at radius 2 is 2.17 bits per heavy atom. The number of H-pyrrole nitrogens is 1. The lowest BCUT2D eigenvalue weighted by atomic mass is 10.2. The number of rotatable bonds is 4. The van der Waals surface area contributed by atoms with Gasteiger partial charge in [-0.3, -0.25) is 9.78 Å². The van der Waals surface area contributed by atoms with Crippen molar-refractivity contribution in [3.8, 4) is 5.75 Å². The minimum atomic E-state index is -0.343. The summed E-state index contributed by atoms with van der Waals surface area (Å²) in [6.07, 6.45) is 2.17. The second-order valence-electron chi connectivity index (χ2n) is 5.53. The van der Waals surface area contributed by atoms with Gasteiger partial charge in [0.15, 0.2) is 0 Å². The maximum Gasteiger partial charge on any atom is 0.264 e. The van der Waals surface area contributed by atoms with Crippen LogP contribution in [0.3, 0.4) is 0 Å². The van der Waals surface area contributed by atoms with E-state index in [2.05, 4.69) is 15.3 Å². The molecule has 0 atom stereocenters. The molecule has 1 saturated heterocycles. The first-order chi connectivity index (χ1) is 11.6. The number of aromatic nitrogens is 2. The quantitative estimate of drug-likeness (QED) is 0.726. The smallest absolute Gasteiger partial charge is 0.264 e. The fourth-order valence-electron chi connectivity index (χ4n) is 2.67. The van der Waals surface area contributed by atoms with E-state index >= 15 is 0 Å². The summed E-state index contributed by atoms with van der Waals surface area (Å²) < 4.78 is 5.17. The lowest BCUT2D eigenvalue weighted by Gasteiger charge is -2.17. The van der Waals surface area contributed by atoms with E-state index in [0.29, 0.717) is 17.4 Å². The van der Waals surface area contributed by atoms with Gasteiger partial charge in [-0.2, -0.15) is 4.98 Å². The Hall–Kier alpha value is -2.61. The second kappa shape index (κ2) is 6.88. The van der Waals surface area contributed by atoms with Crippen LogP contribution in [0.1, 0.15) is 18.4 Å². The van der Waals surface area contributed by atoms with E-state index in [1.54, 1.807) is 13.2 Å². The van der Waals surface area contributed by atoms with Gasteiger partial charge in [-0.25, -0.2) is 0 Å². The van der Waals surface area contributed by atoms with Gasteiger partial charge in [-0.15, -0.1) is 0 Å². The zero-order valence-corrected chi connectivity index (χ0v) is 14.2. The number of ether oxygens (including phenoxy) is 1. The van der Waals surface area contributed by atoms with Crippen molar-refractivity contribution >= 4 is 34.7 Å². The first-order valence-electron chi connectivity index (χ1n) is 7.68. The number of hydrogen-bond acceptors (Lipinski definition) is 6. The van der Waals surface area contributed by atoms with Gasteiger partial charge in [0.2, 0.25) is 5.95 Å². The first kappa shape index (κ1) is 16.3. The highest BCUT2D eigenvalue weighted by molar-refractivity contribution is 7.81. The number of hydrogen-bond donors (Lipinski definition) is 3.